The van der Waals surface area contributed by atoms with Gasteiger partial charge in [0.25, 0.3) is 0 Å². The van der Waals surface area contributed by atoms with Crippen LogP contribution in [-0.4, -0.2) is 86.3 Å². The van der Waals surface area contributed by atoms with Gasteiger partial charge in [0.1, 0.15) is 0 Å². The molecule has 5 aromatic heterocycles. The number of hydrogen-bond donors (Lipinski definition) is 0. The van der Waals surface area contributed by atoms with Gasteiger partial charge in [-0.2, -0.15) is 0 Å². The van der Waals surface area contributed by atoms with Crippen molar-refractivity contribution in [2.45, 2.75) is 0 Å². The zero-order valence-electron chi connectivity index (χ0n) is 30.0. The van der Waals surface area contributed by atoms with Crippen molar-refractivity contribution in [2.24, 2.45) is 0 Å². The monoisotopic (exact) mass is 664 g/mol. The molecule has 50 heavy (non-hydrogen) atoms. The quantitative estimate of drug-likeness (QED) is 0.139. The number of hydrogen-bond acceptors (Lipinski definition) is 10. The molecule has 0 saturated heterocycles. The molecule has 0 atom stereocenters. The number of aromatic nitrogens is 6. The van der Waals surface area contributed by atoms with Gasteiger partial charge in [0.15, 0.2) is 0 Å². The summed E-state index contributed by atoms with van der Waals surface area (Å²) in [6, 6.07) is 16.1. The van der Waals surface area contributed by atoms with E-state index in [1.807, 2.05) is 198 Å². The van der Waals surface area contributed by atoms with Gasteiger partial charge in [-0.05, 0) is 97.1 Å². The average molecular weight is 665 g/mol. The van der Waals surface area contributed by atoms with Crippen LogP contribution < -0.4 is 19.6 Å². The molecule has 0 radical (unpaired) electrons. The molecule has 0 aliphatic heterocycles. The summed E-state index contributed by atoms with van der Waals surface area (Å²) in [4.78, 5) is 36.8. The Hall–Kier alpha value is -6.16. The highest BCUT2D eigenvalue weighted by Gasteiger charge is 2.09. The van der Waals surface area contributed by atoms with Crippen LogP contribution in [0, 0.1) is 0 Å². The predicted molar refractivity (Wildman–Crippen MR) is 212 cm³/mol. The molecule has 0 amide bonds. The normalized spacial score (nSPS) is 11.7. The van der Waals surface area contributed by atoms with Crippen LogP contribution in [0.1, 0.15) is 45.6 Å². The lowest BCUT2D eigenvalue weighted by Crippen LogP contribution is -2.08. The van der Waals surface area contributed by atoms with Gasteiger partial charge in [0.05, 0.1) is 93.1 Å². The predicted octanol–water partition coefficient (Wildman–Crippen LogP) is 7.00. The Labute approximate surface area is 295 Å². The molecule has 254 valence electrons. The van der Waals surface area contributed by atoms with Gasteiger partial charge in [-0.15, -0.1) is 0 Å². The van der Waals surface area contributed by atoms with Crippen LogP contribution in [0.3, 0.4) is 0 Å². The minimum Gasteiger partial charge on any atom is -0.376 e. The van der Waals surface area contributed by atoms with E-state index in [9.17, 15) is 0 Å². The molecule has 0 aromatic carbocycles. The van der Waals surface area contributed by atoms with Crippen LogP contribution in [-0.2, 0) is 0 Å². The van der Waals surface area contributed by atoms with Gasteiger partial charge in [0.2, 0.25) is 0 Å². The Balaban J connectivity index is 1.59. The molecular formula is C40H44N10. The van der Waals surface area contributed by atoms with E-state index in [4.69, 9.17) is 9.97 Å². The lowest BCUT2D eigenvalue weighted by atomic mass is 10.1. The number of anilines is 4. The zero-order valence-corrected chi connectivity index (χ0v) is 30.0. The molecule has 0 aliphatic carbocycles. The Morgan fingerprint density at radius 3 is 0.700 bits per heavy atom. The summed E-state index contributed by atoms with van der Waals surface area (Å²) in [5.41, 5.74) is 10.1. The molecule has 5 heterocycles. The highest BCUT2D eigenvalue weighted by atomic mass is 15.1. The first-order valence-electron chi connectivity index (χ1n) is 16.2. The van der Waals surface area contributed by atoms with Crippen molar-refractivity contribution in [1.82, 2.24) is 29.9 Å². The fourth-order valence-electron chi connectivity index (χ4n) is 4.68. The standard InChI is InChI=1S/C40H44N10/c1-47(2)33-17-9-29(41-25-33)13-21-37-38(22-14-30-10-18-34(26-42-30)48(3)4)46-40(24-16-32-12-20-36(28-44-32)50(7)8)39(45-37)23-15-31-11-19-35(27-43-31)49(5)6/h9-28H,1-8H3/b21-13+,22-14+,23-15+,24-16+. The van der Waals surface area contributed by atoms with E-state index in [2.05, 4.69) is 19.9 Å². The molecule has 0 N–H and O–H groups in total. The van der Waals surface area contributed by atoms with Crippen molar-refractivity contribution in [1.29, 1.82) is 0 Å². The summed E-state index contributed by atoms with van der Waals surface area (Å²) >= 11 is 0. The van der Waals surface area contributed by atoms with Crippen molar-refractivity contribution in [2.75, 3.05) is 76.0 Å². The number of rotatable bonds is 12. The van der Waals surface area contributed by atoms with Crippen LogP contribution in [0.5, 0.6) is 0 Å². The van der Waals surface area contributed by atoms with Crippen molar-refractivity contribution in [3.63, 3.8) is 0 Å². The maximum absolute atomic E-state index is 5.13. The largest absolute Gasteiger partial charge is 0.376 e. The molecule has 0 fully saturated rings. The van der Waals surface area contributed by atoms with Crippen molar-refractivity contribution in [3.8, 4) is 0 Å². The molecule has 0 unspecified atom stereocenters. The van der Waals surface area contributed by atoms with Crippen LogP contribution in [0.2, 0.25) is 0 Å². The molecular weight excluding hydrogens is 621 g/mol. The second-order valence-corrected chi connectivity index (χ2v) is 12.4. The summed E-state index contributed by atoms with van der Waals surface area (Å²) < 4.78 is 0. The average Bonchev–Trinajstić information content (AvgIpc) is 3.12. The molecule has 5 aromatic rings. The summed E-state index contributed by atoms with van der Waals surface area (Å²) in [6.45, 7) is 0. The zero-order chi connectivity index (χ0) is 35.6. The van der Waals surface area contributed by atoms with Crippen LogP contribution in [0.4, 0.5) is 22.7 Å². The van der Waals surface area contributed by atoms with E-state index in [1.54, 1.807) is 0 Å². The summed E-state index contributed by atoms with van der Waals surface area (Å²) in [6.07, 6.45) is 23.0. The number of nitrogens with zero attached hydrogens (tertiary/aromatic N) is 10. The third kappa shape index (κ3) is 9.47. The smallest absolute Gasteiger partial charge is 0.0895 e. The molecule has 0 saturated carbocycles. The molecule has 0 spiro atoms. The van der Waals surface area contributed by atoms with E-state index < -0.39 is 0 Å². The van der Waals surface area contributed by atoms with Crippen LogP contribution in [0.15, 0.2) is 73.3 Å². The second-order valence-electron chi connectivity index (χ2n) is 12.4. The Kier molecular flexibility index (Phi) is 11.5. The van der Waals surface area contributed by atoms with Gasteiger partial charge in [0, 0.05) is 56.4 Å². The topological polar surface area (TPSA) is 90.3 Å². The molecule has 5 rings (SSSR count). The first kappa shape index (κ1) is 35.2. The van der Waals surface area contributed by atoms with Gasteiger partial charge in [-0.3, -0.25) is 19.9 Å². The lowest BCUT2D eigenvalue weighted by Gasteiger charge is -2.11. The van der Waals surface area contributed by atoms with Gasteiger partial charge in [-0.1, -0.05) is 0 Å². The first-order chi connectivity index (χ1) is 24.0. The maximum atomic E-state index is 5.13. The van der Waals surface area contributed by atoms with E-state index in [1.165, 1.54) is 0 Å². The fourth-order valence-corrected chi connectivity index (χ4v) is 4.68. The van der Waals surface area contributed by atoms with Crippen LogP contribution >= 0.6 is 0 Å². The second kappa shape index (κ2) is 16.3. The minimum absolute atomic E-state index is 0.686. The highest BCUT2D eigenvalue weighted by molar-refractivity contribution is 5.80. The van der Waals surface area contributed by atoms with Crippen molar-refractivity contribution < 1.29 is 0 Å². The molecule has 10 nitrogen and oxygen atoms in total. The Bertz CT molecular complexity index is 1680. The third-order valence-electron chi connectivity index (χ3n) is 7.80. The Morgan fingerprint density at radius 1 is 0.320 bits per heavy atom. The first-order valence-corrected chi connectivity index (χ1v) is 16.2. The van der Waals surface area contributed by atoms with E-state index in [0.29, 0.717) is 22.8 Å². The minimum atomic E-state index is 0.686. The maximum Gasteiger partial charge on any atom is 0.0895 e. The van der Waals surface area contributed by atoms with Crippen molar-refractivity contribution in [3.05, 3.63) is 119 Å². The third-order valence-corrected chi connectivity index (χ3v) is 7.80. The number of pyridine rings is 4. The van der Waals surface area contributed by atoms with Gasteiger partial charge < -0.3 is 19.6 Å². The van der Waals surface area contributed by atoms with E-state index in [0.717, 1.165) is 45.5 Å². The van der Waals surface area contributed by atoms with Crippen molar-refractivity contribution >= 4 is 71.4 Å². The van der Waals surface area contributed by atoms with E-state index >= 15 is 0 Å². The molecule has 0 aliphatic rings. The van der Waals surface area contributed by atoms with Crippen LogP contribution in [0.25, 0.3) is 48.6 Å². The summed E-state index contributed by atoms with van der Waals surface area (Å²) in [5, 5.41) is 0. The lowest BCUT2D eigenvalue weighted by molar-refractivity contribution is 1.10. The molecule has 0 bridgehead atoms. The Morgan fingerprint density at radius 2 is 0.540 bits per heavy atom. The van der Waals surface area contributed by atoms with E-state index in [-0.39, 0.29) is 0 Å². The fraction of sp³-hybridized carbons (Fsp3) is 0.200. The highest BCUT2D eigenvalue weighted by Crippen LogP contribution is 2.21. The van der Waals surface area contributed by atoms with Gasteiger partial charge >= 0.3 is 0 Å². The summed E-state index contributed by atoms with van der Waals surface area (Å²) in [5.74, 6) is 0. The SMILES string of the molecule is CN(C)c1ccc(/C=C/c2nc(/C=C/c3ccc(N(C)C)cn3)c(/C=C/c3ccc(N(C)C)cn3)nc2/C=C/c2ccc(N(C)C)cn2)nc1. The molecule has 10 heteroatoms. The van der Waals surface area contributed by atoms with Gasteiger partial charge in [-0.25, -0.2) is 9.97 Å². The summed E-state index contributed by atoms with van der Waals surface area (Å²) in [7, 11) is 16.0.